The summed E-state index contributed by atoms with van der Waals surface area (Å²) in [5.41, 5.74) is 3.24. The molecular weight excluding hydrogens is 420 g/mol. The van der Waals surface area contributed by atoms with Crippen molar-refractivity contribution in [2.75, 3.05) is 0 Å². The van der Waals surface area contributed by atoms with Gasteiger partial charge in [0.25, 0.3) is 5.56 Å². The number of fused-ring (bicyclic) bond motifs is 1. The molecule has 1 unspecified atom stereocenters. The first kappa shape index (κ1) is 21.3. The second kappa shape index (κ2) is 9.07. The van der Waals surface area contributed by atoms with Gasteiger partial charge < -0.3 is 9.82 Å². The Balaban J connectivity index is 1.58. The van der Waals surface area contributed by atoms with E-state index in [0.717, 1.165) is 18.4 Å². The number of H-pyrrole nitrogens is 1. The summed E-state index contributed by atoms with van der Waals surface area (Å²) in [6.07, 6.45) is 4.88. The highest BCUT2D eigenvalue weighted by Gasteiger charge is 2.33. The van der Waals surface area contributed by atoms with Crippen molar-refractivity contribution >= 4 is 29.2 Å². The van der Waals surface area contributed by atoms with E-state index in [1.165, 1.54) is 15.5 Å². The Morgan fingerprint density at radius 3 is 2.61 bits per heavy atom. The van der Waals surface area contributed by atoms with E-state index in [1.54, 1.807) is 0 Å². The number of imidazole rings is 1. The number of aromatic amines is 1. The van der Waals surface area contributed by atoms with Crippen LogP contribution in [0.4, 0.5) is 0 Å². The van der Waals surface area contributed by atoms with Gasteiger partial charge in [0.05, 0.1) is 0 Å². The molecule has 0 aliphatic carbocycles. The Morgan fingerprint density at radius 1 is 1.13 bits per heavy atom. The first-order valence-electron chi connectivity index (χ1n) is 10.4. The molecule has 0 saturated heterocycles. The maximum Gasteiger partial charge on any atom is 0.332 e. The third kappa shape index (κ3) is 4.42. The Bertz CT molecular complexity index is 1200. The lowest BCUT2D eigenvalue weighted by Gasteiger charge is -2.25. The van der Waals surface area contributed by atoms with Crippen LogP contribution in [-0.2, 0) is 24.3 Å². The number of nitrogens with zero attached hydrogens (tertiary/aromatic N) is 4. The van der Waals surface area contributed by atoms with Gasteiger partial charge in [-0.15, -0.1) is 5.48 Å². The zero-order valence-electron chi connectivity index (χ0n) is 17.3. The van der Waals surface area contributed by atoms with Gasteiger partial charge in [-0.05, 0) is 36.4 Å². The molecule has 1 aromatic carbocycles. The standard InChI is InChI=1S/C21H25ClN6O3/c1-2-3-11-27-17-16(24-19(22)25-17)18(29)28(20(27)30)12-7-10-21(23-14-31-26-21)13-15-8-5-4-6-9-15/h4-6,8-9,14,26H,2-3,7,10-13H2,1H3,(H,24,25). The van der Waals surface area contributed by atoms with Crippen LogP contribution in [0.25, 0.3) is 11.2 Å². The molecule has 2 N–H and O–H groups in total. The highest BCUT2D eigenvalue weighted by Crippen LogP contribution is 2.24. The number of hydrogen-bond acceptors (Lipinski definition) is 6. The van der Waals surface area contributed by atoms with E-state index < -0.39 is 11.2 Å². The van der Waals surface area contributed by atoms with Crippen LogP contribution in [0.5, 0.6) is 0 Å². The van der Waals surface area contributed by atoms with Crippen LogP contribution in [0.15, 0.2) is 44.9 Å². The van der Waals surface area contributed by atoms with Crippen molar-refractivity contribution in [2.24, 2.45) is 4.99 Å². The van der Waals surface area contributed by atoms with Crippen LogP contribution < -0.4 is 16.7 Å². The van der Waals surface area contributed by atoms with Crippen LogP contribution in [-0.4, -0.2) is 31.2 Å². The third-order valence-electron chi connectivity index (χ3n) is 5.48. The van der Waals surface area contributed by atoms with E-state index in [-0.39, 0.29) is 23.0 Å². The molecule has 1 atom stereocenters. The number of hydroxylamine groups is 1. The smallest absolute Gasteiger partial charge is 0.332 e. The van der Waals surface area contributed by atoms with E-state index in [4.69, 9.17) is 16.4 Å². The summed E-state index contributed by atoms with van der Waals surface area (Å²) in [7, 11) is 0. The second-order valence-corrected chi connectivity index (χ2v) is 8.08. The molecule has 1 aliphatic rings. The molecule has 3 aromatic rings. The van der Waals surface area contributed by atoms with Crippen LogP contribution in [0.2, 0.25) is 5.28 Å². The zero-order chi connectivity index (χ0) is 21.8. The highest BCUT2D eigenvalue weighted by atomic mass is 35.5. The zero-order valence-corrected chi connectivity index (χ0v) is 18.1. The minimum Gasteiger partial charge on any atom is -0.394 e. The Hall–Kier alpha value is -2.91. The minimum absolute atomic E-state index is 0.0953. The summed E-state index contributed by atoms with van der Waals surface area (Å²) in [6.45, 7) is 2.77. The molecule has 0 spiro atoms. The number of rotatable bonds is 9. The third-order valence-corrected chi connectivity index (χ3v) is 5.66. The van der Waals surface area contributed by atoms with E-state index >= 15 is 0 Å². The number of aryl methyl sites for hydroxylation is 1. The number of aromatic nitrogens is 4. The molecule has 4 rings (SSSR count). The molecule has 10 heteroatoms. The van der Waals surface area contributed by atoms with Gasteiger partial charge in [-0.25, -0.2) is 9.79 Å². The van der Waals surface area contributed by atoms with Crippen molar-refractivity contribution in [2.45, 2.75) is 57.8 Å². The van der Waals surface area contributed by atoms with Crippen molar-refractivity contribution in [1.82, 2.24) is 24.6 Å². The van der Waals surface area contributed by atoms with Gasteiger partial charge in [0, 0.05) is 19.5 Å². The summed E-state index contributed by atoms with van der Waals surface area (Å²) >= 11 is 5.98. The number of halogens is 1. The fraction of sp³-hybridized carbons (Fsp3) is 0.429. The molecule has 1 aliphatic heterocycles. The quantitative estimate of drug-likeness (QED) is 0.493. The van der Waals surface area contributed by atoms with E-state index in [9.17, 15) is 9.59 Å². The van der Waals surface area contributed by atoms with Gasteiger partial charge in [0.2, 0.25) is 5.28 Å². The molecule has 31 heavy (non-hydrogen) atoms. The van der Waals surface area contributed by atoms with Crippen LogP contribution >= 0.6 is 11.6 Å². The summed E-state index contributed by atoms with van der Waals surface area (Å²) in [5.74, 6) is 0. The SMILES string of the molecule is CCCCn1c(=O)n(CCCC2(Cc3ccccc3)N=CON2)c(=O)c2[nH]c(Cl)nc21. The Morgan fingerprint density at radius 2 is 1.90 bits per heavy atom. The molecule has 164 valence electrons. The maximum atomic E-state index is 13.1. The topological polar surface area (TPSA) is 106 Å². The monoisotopic (exact) mass is 444 g/mol. The van der Waals surface area contributed by atoms with Crippen molar-refractivity contribution < 1.29 is 4.84 Å². The molecule has 0 fully saturated rings. The average Bonchev–Trinajstić information content (AvgIpc) is 3.38. The molecule has 0 saturated carbocycles. The van der Waals surface area contributed by atoms with E-state index in [2.05, 4.69) is 20.4 Å². The van der Waals surface area contributed by atoms with E-state index in [0.29, 0.717) is 31.5 Å². The lowest BCUT2D eigenvalue weighted by Crippen LogP contribution is -2.43. The summed E-state index contributed by atoms with van der Waals surface area (Å²) < 4.78 is 2.78. The Labute approximate surface area is 183 Å². The van der Waals surface area contributed by atoms with Crippen molar-refractivity contribution in [3.8, 4) is 0 Å². The number of unbranched alkanes of at least 4 members (excludes halogenated alkanes) is 1. The van der Waals surface area contributed by atoms with Crippen LogP contribution in [0.3, 0.4) is 0 Å². The van der Waals surface area contributed by atoms with Gasteiger partial charge in [0.1, 0.15) is 0 Å². The lowest BCUT2D eigenvalue weighted by molar-refractivity contribution is 0.114. The number of nitrogens with one attached hydrogen (secondary N) is 2. The largest absolute Gasteiger partial charge is 0.394 e. The second-order valence-electron chi connectivity index (χ2n) is 7.72. The van der Waals surface area contributed by atoms with Crippen molar-refractivity contribution in [3.05, 3.63) is 62.0 Å². The molecule has 9 nitrogen and oxygen atoms in total. The summed E-state index contributed by atoms with van der Waals surface area (Å²) in [4.78, 5) is 42.6. The van der Waals surface area contributed by atoms with Gasteiger partial charge in [-0.2, -0.15) is 4.98 Å². The lowest BCUT2D eigenvalue weighted by atomic mass is 9.96. The Kier molecular flexibility index (Phi) is 6.24. The average molecular weight is 445 g/mol. The summed E-state index contributed by atoms with van der Waals surface area (Å²) in [5, 5.41) is 0.0953. The highest BCUT2D eigenvalue weighted by molar-refractivity contribution is 6.28. The van der Waals surface area contributed by atoms with Gasteiger partial charge in [-0.3, -0.25) is 13.9 Å². The number of benzene rings is 1. The van der Waals surface area contributed by atoms with Gasteiger partial charge in [0.15, 0.2) is 23.2 Å². The van der Waals surface area contributed by atoms with Gasteiger partial charge >= 0.3 is 5.69 Å². The predicted octanol–water partition coefficient (Wildman–Crippen LogP) is 2.62. The van der Waals surface area contributed by atoms with Crippen molar-refractivity contribution in [1.29, 1.82) is 0 Å². The predicted molar refractivity (Wildman–Crippen MR) is 119 cm³/mol. The van der Waals surface area contributed by atoms with E-state index in [1.807, 2.05) is 37.3 Å². The normalized spacial score (nSPS) is 18.0. The minimum atomic E-state index is -0.631. The fourth-order valence-corrected chi connectivity index (χ4v) is 4.07. The maximum absolute atomic E-state index is 13.1. The van der Waals surface area contributed by atoms with Gasteiger partial charge in [-0.1, -0.05) is 43.7 Å². The van der Waals surface area contributed by atoms with Crippen molar-refractivity contribution in [3.63, 3.8) is 0 Å². The van der Waals surface area contributed by atoms with Crippen LogP contribution in [0, 0.1) is 0 Å². The first-order chi connectivity index (χ1) is 15.0. The molecular formula is C21H25ClN6O3. The van der Waals surface area contributed by atoms with Crippen LogP contribution in [0.1, 0.15) is 38.2 Å². The molecule has 0 radical (unpaired) electrons. The fourth-order valence-electron chi connectivity index (χ4n) is 3.89. The number of hydrogen-bond donors (Lipinski definition) is 2. The molecule has 0 bridgehead atoms. The molecule has 3 heterocycles. The molecule has 2 aromatic heterocycles. The summed E-state index contributed by atoms with van der Waals surface area (Å²) in [6, 6.07) is 9.98. The molecule has 0 amide bonds. The first-order valence-corrected chi connectivity index (χ1v) is 10.8. The number of aliphatic imine (C=N–C) groups is 1.